The Morgan fingerprint density at radius 2 is 2.00 bits per heavy atom. The third-order valence-corrected chi connectivity index (χ3v) is 4.27. The minimum absolute atomic E-state index is 0.0315. The van der Waals surface area contributed by atoms with Crippen LogP contribution in [0.1, 0.15) is 58.8 Å². The molecule has 1 spiro atoms. The Morgan fingerprint density at radius 3 is 2.61 bits per heavy atom. The third-order valence-electron chi connectivity index (χ3n) is 4.27. The van der Waals surface area contributed by atoms with Crippen molar-refractivity contribution in [3.63, 3.8) is 0 Å². The van der Waals surface area contributed by atoms with Gasteiger partial charge in [0.15, 0.2) is 0 Å². The van der Waals surface area contributed by atoms with Gasteiger partial charge in [-0.3, -0.25) is 9.59 Å². The Hall–Kier alpha value is -1.06. The van der Waals surface area contributed by atoms with E-state index in [1.54, 1.807) is 0 Å². The quantitative estimate of drug-likeness (QED) is 0.833. The summed E-state index contributed by atoms with van der Waals surface area (Å²) in [6.45, 7) is 4.90. The molecule has 1 saturated heterocycles. The maximum atomic E-state index is 12.7. The van der Waals surface area contributed by atoms with Crippen molar-refractivity contribution in [2.75, 3.05) is 6.54 Å². The molecule has 102 valence electrons. The van der Waals surface area contributed by atoms with E-state index < -0.39 is 5.54 Å². The highest BCUT2D eigenvalue weighted by Crippen LogP contribution is 2.34. The molecule has 4 heteroatoms. The lowest BCUT2D eigenvalue weighted by Crippen LogP contribution is -2.56. The molecule has 2 rings (SSSR count). The van der Waals surface area contributed by atoms with Gasteiger partial charge in [-0.05, 0) is 26.2 Å². The number of amides is 2. The van der Waals surface area contributed by atoms with Crippen LogP contribution in [0.4, 0.5) is 0 Å². The lowest BCUT2D eigenvalue weighted by Gasteiger charge is -2.34. The zero-order valence-electron chi connectivity index (χ0n) is 11.5. The molecule has 1 atom stereocenters. The van der Waals surface area contributed by atoms with Gasteiger partial charge in [0.05, 0.1) is 0 Å². The predicted molar refractivity (Wildman–Crippen MR) is 70.0 cm³/mol. The Morgan fingerprint density at radius 1 is 1.33 bits per heavy atom. The number of unbranched alkanes of at least 4 members (excludes halogenated alkanes) is 1. The molecule has 0 aromatic rings. The molecule has 1 aliphatic heterocycles. The molecular formula is C14H24N2O2. The van der Waals surface area contributed by atoms with Crippen molar-refractivity contribution in [1.82, 2.24) is 10.2 Å². The summed E-state index contributed by atoms with van der Waals surface area (Å²) in [5.41, 5.74) is -0.574. The van der Waals surface area contributed by atoms with Crippen LogP contribution in [0.25, 0.3) is 0 Å². The van der Waals surface area contributed by atoms with E-state index in [1.165, 1.54) is 0 Å². The van der Waals surface area contributed by atoms with Crippen LogP contribution in [-0.2, 0) is 9.59 Å². The van der Waals surface area contributed by atoms with Crippen LogP contribution < -0.4 is 5.32 Å². The molecule has 1 saturated carbocycles. The van der Waals surface area contributed by atoms with E-state index in [2.05, 4.69) is 12.2 Å². The number of hydrogen-bond donors (Lipinski definition) is 1. The van der Waals surface area contributed by atoms with Crippen LogP contribution in [0, 0.1) is 0 Å². The summed E-state index contributed by atoms with van der Waals surface area (Å²) in [6, 6.07) is 0.0315. The lowest BCUT2D eigenvalue weighted by molar-refractivity contribution is -0.140. The minimum atomic E-state index is -0.574. The normalized spacial score (nSPS) is 27.4. The molecule has 18 heavy (non-hydrogen) atoms. The lowest BCUT2D eigenvalue weighted by atomic mass is 9.95. The second kappa shape index (κ2) is 5.29. The number of nitrogens with one attached hydrogen (secondary N) is 1. The highest BCUT2D eigenvalue weighted by molar-refractivity contribution is 5.94. The summed E-state index contributed by atoms with van der Waals surface area (Å²) in [5.74, 6) is 0.198. The zero-order valence-corrected chi connectivity index (χ0v) is 11.5. The van der Waals surface area contributed by atoms with E-state index in [1.807, 2.05) is 11.8 Å². The van der Waals surface area contributed by atoms with Gasteiger partial charge in [0.1, 0.15) is 5.54 Å². The maximum Gasteiger partial charge on any atom is 0.248 e. The first kappa shape index (κ1) is 13.4. The van der Waals surface area contributed by atoms with E-state index in [0.29, 0.717) is 6.42 Å². The van der Waals surface area contributed by atoms with Crippen LogP contribution in [0.3, 0.4) is 0 Å². The summed E-state index contributed by atoms with van der Waals surface area (Å²) in [6.07, 6.45) is 6.24. The minimum Gasteiger partial charge on any atom is -0.342 e. The zero-order chi connectivity index (χ0) is 13.2. The molecule has 1 unspecified atom stereocenters. The number of hydrogen-bond acceptors (Lipinski definition) is 2. The van der Waals surface area contributed by atoms with Crippen LogP contribution in [-0.4, -0.2) is 34.8 Å². The molecule has 2 amide bonds. The van der Waals surface area contributed by atoms with Crippen molar-refractivity contribution in [2.24, 2.45) is 0 Å². The maximum absolute atomic E-state index is 12.7. The number of carbonyl (C=O) groups is 2. The third kappa shape index (κ3) is 2.38. The van der Waals surface area contributed by atoms with Crippen molar-refractivity contribution >= 4 is 11.8 Å². The van der Waals surface area contributed by atoms with Crippen molar-refractivity contribution < 1.29 is 9.59 Å². The highest BCUT2D eigenvalue weighted by Gasteiger charge is 2.47. The van der Waals surface area contributed by atoms with Gasteiger partial charge in [-0.1, -0.05) is 26.2 Å². The van der Waals surface area contributed by atoms with Gasteiger partial charge in [0.2, 0.25) is 11.8 Å². The first-order valence-electron chi connectivity index (χ1n) is 7.21. The summed E-state index contributed by atoms with van der Waals surface area (Å²) in [5, 5.41) is 3.01. The average molecular weight is 252 g/mol. The fourth-order valence-corrected chi connectivity index (χ4v) is 3.19. The van der Waals surface area contributed by atoms with Crippen molar-refractivity contribution in [1.29, 1.82) is 0 Å². The summed E-state index contributed by atoms with van der Waals surface area (Å²) >= 11 is 0. The van der Waals surface area contributed by atoms with Gasteiger partial charge in [-0.2, -0.15) is 0 Å². The highest BCUT2D eigenvalue weighted by atomic mass is 16.2. The van der Waals surface area contributed by atoms with E-state index in [4.69, 9.17) is 0 Å². The fourth-order valence-electron chi connectivity index (χ4n) is 3.19. The molecule has 2 fully saturated rings. The van der Waals surface area contributed by atoms with Crippen LogP contribution >= 0.6 is 0 Å². The molecule has 1 N–H and O–H groups in total. The Kier molecular flexibility index (Phi) is 3.93. The molecule has 0 radical (unpaired) electrons. The van der Waals surface area contributed by atoms with Gasteiger partial charge in [-0.15, -0.1) is 0 Å². The summed E-state index contributed by atoms with van der Waals surface area (Å²) in [4.78, 5) is 26.6. The topological polar surface area (TPSA) is 49.4 Å². The van der Waals surface area contributed by atoms with Crippen LogP contribution in [0.5, 0.6) is 0 Å². The standard InChI is InChI=1S/C14H24N2O2/c1-3-4-9-16-11(2)10-12(17)15-14(13(16)18)7-5-6-8-14/h11H,3-10H2,1-2H3,(H,15,17). The SMILES string of the molecule is CCCCN1C(=O)C2(CCCC2)NC(=O)CC1C. The predicted octanol–water partition coefficient (Wildman–Crippen LogP) is 1.84. The van der Waals surface area contributed by atoms with Crippen molar-refractivity contribution in [3.05, 3.63) is 0 Å². The van der Waals surface area contributed by atoms with E-state index in [0.717, 1.165) is 45.1 Å². The van der Waals surface area contributed by atoms with Crippen LogP contribution in [0.15, 0.2) is 0 Å². The fraction of sp³-hybridized carbons (Fsp3) is 0.857. The monoisotopic (exact) mass is 252 g/mol. The van der Waals surface area contributed by atoms with Gasteiger partial charge in [0, 0.05) is 19.0 Å². The van der Waals surface area contributed by atoms with E-state index in [9.17, 15) is 9.59 Å². The molecule has 0 bridgehead atoms. The average Bonchev–Trinajstić information content (AvgIpc) is 2.75. The molecule has 1 aliphatic carbocycles. The van der Waals surface area contributed by atoms with Gasteiger partial charge >= 0.3 is 0 Å². The molecule has 4 nitrogen and oxygen atoms in total. The number of carbonyl (C=O) groups excluding carboxylic acids is 2. The summed E-state index contributed by atoms with van der Waals surface area (Å²) < 4.78 is 0. The largest absolute Gasteiger partial charge is 0.342 e. The Bertz CT molecular complexity index is 335. The van der Waals surface area contributed by atoms with Crippen LogP contribution in [0.2, 0.25) is 0 Å². The molecule has 2 aliphatic rings. The molecule has 0 aromatic heterocycles. The number of nitrogens with zero attached hydrogens (tertiary/aromatic N) is 1. The second-order valence-corrected chi connectivity index (χ2v) is 5.74. The first-order valence-corrected chi connectivity index (χ1v) is 7.21. The van der Waals surface area contributed by atoms with Crippen molar-refractivity contribution in [2.45, 2.75) is 70.4 Å². The van der Waals surface area contributed by atoms with E-state index >= 15 is 0 Å². The molecular weight excluding hydrogens is 228 g/mol. The number of rotatable bonds is 3. The van der Waals surface area contributed by atoms with Gasteiger partial charge in [-0.25, -0.2) is 0 Å². The Labute approximate surface area is 109 Å². The molecule has 1 heterocycles. The smallest absolute Gasteiger partial charge is 0.248 e. The first-order chi connectivity index (χ1) is 8.59. The molecule has 0 aromatic carbocycles. The summed E-state index contributed by atoms with van der Waals surface area (Å²) in [7, 11) is 0. The van der Waals surface area contributed by atoms with Gasteiger partial charge in [0.25, 0.3) is 0 Å². The van der Waals surface area contributed by atoms with E-state index in [-0.39, 0.29) is 17.9 Å². The van der Waals surface area contributed by atoms with Crippen molar-refractivity contribution in [3.8, 4) is 0 Å². The second-order valence-electron chi connectivity index (χ2n) is 5.74. The Balaban J connectivity index is 2.22. The van der Waals surface area contributed by atoms with Gasteiger partial charge < -0.3 is 10.2 Å².